The minimum atomic E-state index is -0.409. The number of nitrogens with one attached hydrogen (secondary N) is 1. The van der Waals surface area contributed by atoms with Gasteiger partial charge in [-0.2, -0.15) is 5.26 Å². The molecule has 1 N–H and O–H groups in total. The summed E-state index contributed by atoms with van der Waals surface area (Å²) in [7, 11) is 1.82. The SMILES string of the molecule is CNC(C)(C#N)CCCOCCC(C)(C)C. The van der Waals surface area contributed by atoms with Crippen LogP contribution in [0.3, 0.4) is 0 Å². The second-order valence-electron chi connectivity index (χ2n) is 5.72. The molecule has 0 aromatic rings. The molecule has 1 unspecified atom stereocenters. The number of nitriles is 1. The van der Waals surface area contributed by atoms with E-state index in [1.54, 1.807) is 0 Å². The first kappa shape index (κ1) is 15.4. The van der Waals surface area contributed by atoms with E-state index in [1.807, 2.05) is 14.0 Å². The third-order valence-electron chi connectivity index (χ3n) is 2.76. The normalized spacial score (nSPS) is 15.5. The van der Waals surface area contributed by atoms with Crippen LogP contribution in [0.4, 0.5) is 0 Å². The molecule has 0 aliphatic carbocycles. The van der Waals surface area contributed by atoms with Crippen molar-refractivity contribution in [1.29, 1.82) is 5.26 Å². The van der Waals surface area contributed by atoms with E-state index in [0.717, 1.165) is 32.5 Å². The first-order chi connectivity index (χ1) is 7.33. The summed E-state index contributed by atoms with van der Waals surface area (Å²) in [6.07, 6.45) is 2.83. The predicted octanol–water partition coefficient (Wildman–Crippen LogP) is 2.72. The van der Waals surface area contributed by atoms with Crippen LogP contribution in [0, 0.1) is 16.7 Å². The molecule has 0 aromatic carbocycles. The molecule has 0 amide bonds. The fourth-order valence-electron chi connectivity index (χ4n) is 1.25. The van der Waals surface area contributed by atoms with E-state index >= 15 is 0 Å². The Hall–Kier alpha value is -0.590. The Kier molecular flexibility index (Phi) is 6.62. The summed E-state index contributed by atoms with van der Waals surface area (Å²) in [5.41, 5.74) is -0.0699. The van der Waals surface area contributed by atoms with Gasteiger partial charge in [-0.3, -0.25) is 0 Å². The zero-order chi connectivity index (χ0) is 12.7. The monoisotopic (exact) mass is 226 g/mol. The summed E-state index contributed by atoms with van der Waals surface area (Å²) in [6, 6.07) is 2.28. The molecule has 3 nitrogen and oxygen atoms in total. The lowest BCUT2D eigenvalue weighted by Crippen LogP contribution is -2.38. The third kappa shape index (κ3) is 7.67. The van der Waals surface area contributed by atoms with Gasteiger partial charge in [0.15, 0.2) is 0 Å². The van der Waals surface area contributed by atoms with Crippen LogP contribution < -0.4 is 5.32 Å². The minimum absolute atomic E-state index is 0.339. The lowest BCUT2D eigenvalue weighted by Gasteiger charge is -2.21. The fourth-order valence-corrected chi connectivity index (χ4v) is 1.25. The molecule has 1 atom stereocenters. The van der Waals surface area contributed by atoms with Crippen molar-refractivity contribution in [2.75, 3.05) is 20.3 Å². The van der Waals surface area contributed by atoms with Crippen LogP contribution in [-0.4, -0.2) is 25.8 Å². The largest absolute Gasteiger partial charge is 0.381 e. The highest BCUT2D eigenvalue weighted by Gasteiger charge is 2.19. The van der Waals surface area contributed by atoms with Crippen LogP contribution in [0.1, 0.15) is 47.0 Å². The van der Waals surface area contributed by atoms with Gasteiger partial charge >= 0.3 is 0 Å². The summed E-state index contributed by atoms with van der Waals surface area (Å²) in [5.74, 6) is 0. The Labute approximate surface area is 100 Å². The van der Waals surface area contributed by atoms with Crippen molar-refractivity contribution in [3.05, 3.63) is 0 Å². The highest BCUT2D eigenvalue weighted by atomic mass is 16.5. The van der Waals surface area contributed by atoms with Gasteiger partial charge in [0, 0.05) is 13.2 Å². The highest BCUT2D eigenvalue weighted by Crippen LogP contribution is 2.18. The van der Waals surface area contributed by atoms with Crippen molar-refractivity contribution in [1.82, 2.24) is 5.32 Å². The van der Waals surface area contributed by atoms with Crippen molar-refractivity contribution in [2.45, 2.75) is 52.5 Å². The van der Waals surface area contributed by atoms with Gasteiger partial charge in [0.2, 0.25) is 0 Å². The van der Waals surface area contributed by atoms with Crippen molar-refractivity contribution in [3.8, 4) is 6.07 Å². The lowest BCUT2D eigenvalue weighted by atomic mass is 9.93. The first-order valence-electron chi connectivity index (χ1n) is 6.01. The maximum absolute atomic E-state index is 8.94. The molecule has 0 aromatic heterocycles. The minimum Gasteiger partial charge on any atom is -0.381 e. The zero-order valence-corrected chi connectivity index (χ0v) is 11.4. The third-order valence-corrected chi connectivity index (χ3v) is 2.76. The van der Waals surface area contributed by atoms with Gasteiger partial charge in [-0.25, -0.2) is 0 Å². The molecule has 0 saturated heterocycles. The Balaban J connectivity index is 3.52. The van der Waals surface area contributed by atoms with Crippen LogP contribution in [0.5, 0.6) is 0 Å². The van der Waals surface area contributed by atoms with Crippen molar-refractivity contribution in [2.24, 2.45) is 5.41 Å². The average molecular weight is 226 g/mol. The maximum Gasteiger partial charge on any atom is 0.103 e. The zero-order valence-electron chi connectivity index (χ0n) is 11.4. The average Bonchev–Trinajstić information content (AvgIpc) is 2.21. The molecule has 0 heterocycles. The van der Waals surface area contributed by atoms with Crippen LogP contribution in [0.2, 0.25) is 0 Å². The first-order valence-corrected chi connectivity index (χ1v) is 6.01. The quantitative estimate of drug-likeness (QED) is 0.679. The van der Waals surface area contributed by atoms with Crippen molar-refractivity contribution >= 4 is 0 Å². The maximum atomic E-state index is 8.94. The summed E-state index contributed by atoms with van der Waals surface area (Å²) in [5, 5.41) is 12.0. The Bertz CT molecular complexity index is 227. The van der Waals surface area contributed by atoms with Crippen LogP contribution in [0.15, 0.2) is 0 Å². The van der Waals surface area contributed by atoms with E-state index in [0.29, 0.717) is 5.41 Å². The summed E-state index contributed by atoms with van der Waals surface area (Å²) in [4.78, 5) is 0. The number of nitrogens with zero attached hydrogens (tertiary/aromatic N) is 1. The van der Waals surface area contributed by atoms with Gasteiger partial charge in [0.1, 0.15) is 5.54 Å². The van der Waals surface area contributed by atoms with E-state index < -0.39 is 5.54 Å². The Morgan fingerprint density at radius 3 is 2.19 bits per heavy atom. The number of hydrogen-bond donors (Lipinski definition) is 1. The molecule has 0 saturated carbocycles. The van der Waals surface area contributed by atoms with Crippen molar-refractivity contribution < 1.29 is 4.74 Å². The number of rotatable bonds is 7. The van der Waals surface area contributed by atoms with Gasteiger partial charge in [-0.1, -0.05) is 20.8 Å². The van der Waals surface area contributed by atoms with Gasteiger partial charge in [0.05, 0.1) is 6.07 Å². The highest BCUT2D eigenvalue weighted by molar-refractivity contribution is 5.02. The number of ether oxygens (including phenoxy) is 1. The molecule has 3 heteroatoms. The van der Waals surface area contributed by atoms with E-state index in [-0.39, 0.29) is 0 Å². The molecule has 16 heavy (non-hydrogen) atoms. The standard InChI is InChI=1S/C13H26N2O/c1-12(2,3)8-10-16-9-6-7-13(4,11-14)15-5/h15H,6-10H2,1-5H3. The van der Waals surface area contributed by atoms with E-state index in [1.165, 1.54) is 0 Å². The molecule has 94 valence electrons. The van der Waals surface area contributed by atoms with Gasteiger partial charge in [0.25, 0.3) is 0 Å². The molecule has 0 spiro atoms. The van der Waals surface area contributed by atoms with Gasteiger partial charge in [-0.15, -0.1) is 0 Å². The van der Waals surface area contributed by atoms with Crippen molar-refractivity contribution in [3.63, 3.8) is 0 Å². The fraction of sp³-hybridized carbons (Fsp3) is 0.923. The molecule has 0 bridgehead atoms. The van der Waals surface area contributed by atoms with Crippen LogP contribution in [0.25, 0.3) is 0 Å². The Morgan fingerprint density at radius 2 is 1.75 bits per heavy atom. The Morgan fingerprint density at radius 1 is 1.12 bits per heavy atom. The van der Waals surface area contributed by atoms with E-state index in [9.17, 15) is 0 Å². The van der Waals surface area contributed by atoms with E-state index in [4.69, 9.17) is 10.00 Å². The topological polar surface area (TPSA) is 45.0 Å². The van der Waals surface area contributed by atoms with Crippen LogP contribution >= 0.6 is 0 Å². The smallest absolute Gasteiger partial charge is 0.103 e. The van der Waals surface area contributed by atoms with Gasteiger partial charge < -0.3 is 10.1 Å². The molecule has 0 radical (unpaired) electrons. The van der Waals surface area contributed by atoms with Gasteiger partial charge in [-0.05, 0) is 38.6 Å². The van der Waals surface area contributed by atoms with Crippen LogP contribution in [-0.2, 0) is 4.74 Å². The summed E-state index contributed by atoms with van der Waals surface area (Å²) >= 11 is 0. The molecule has 0 aliphatic heterocycles. The molecular formula is C13H26N2O. The lowest BCUT2D eigenvalue weighted by molar-refractivity contribution is 0.102. The summed E-state index contributed by atoms with van der Waals surface area (Å²) < 4.78 is 5.56. The molecule has 0 fully saturated rings. The second kappa shape index (κ2) is 6.88. The predicted molar refractivity (Wildman–Crippen MR) is 67.2 cm³/mol. The number of hydrogen-bond acceptors (Lipinski definition) is 3. The molecule has 0 aliphatic rings. The van der Waals surface area contributed by atoms with E-state index in [2.05, 4.69) is 32.2 Å². The summed E-state index contributed by atoms with van der Waals surface area (Å²) in [6.45, 7) is 10.1. The molecular weight excluding hydrogens is 200 g/mol. The molecule has 0 rings (SSSR count). The second-order valence-corrected chi connectivity index (χ2v) is 5.72.